The van der Waals surface area contributed by atoms with Gasteiger partial charge in [0.05, 0.1) is 24.5 Å². The maximum absolute atomic E-state index is 13.5. The molecule has 0 fully saturated rings. The molecule has 1 atom stereocenters. The van der Waals surface area contributed by atoms with Crippen molar-refractivity contribution in [2.24, 2.45) is 5.73 Å². The van der Waals surface area contributed by atoms with Gasteiger partial charge in [-0.25, -0.2) is 13.5 Å². The van der Waals surface area contributed by atoms with Crippen molar-refractivity contribution in [1.82, 2.24) is 15.0 Å². The van der Waals surface area contributed by atoms with E-state index in [-0.39, 0.29) is 12.6 Å². The molecular weight excluding hydrogens is 250 g/mol. The Morgan fingerprint density at radius 2 is 2.16 bits per heavy atom. The molecule has 0 saturated heterocycles. The summed E-state index contributed by atoms with van der Waals surface area (Å²) in [7, 11) is 0. The summed E-state index contributed by atoms with van der Waals surface area (Å²) in [5.74, 6) is -1.18. The minimum absolute atomic E-state index is 0.156. The number of nitrogens with two attached hydrogens (primary N) is 1. The van der Waals surface area contributed by atoms with Crippen LogP contribution < -0.4 is 5.73 Å². The van der Waals surface area contributed by atoms with Crippen molar-refractivity contribution >= 4 is 0 Å². The molecule has 0 radical (unpaired) electrons. The lowest BCUT2D eigenvalue weighted by Gasteiger charge is -2.05. The summed E-state index contributed by atoms with van der Waals surface area (Å²) < 4.78 is 27.8. The fourth-order valence-electron chi connectivity index (χ4n) is 1.84. The summed E-state index contributed by atoms with van der Waals surface area (Å²) in [5.41, 5.74) is 6.97. The summed E-state index contributed by atoms with van der Waals surface area (Å²) >= 11 is 0. The molecule has 0 aliphatic rings. The van der Waals surface area contributed by atoms with E-state index < -0.39 is 11.6 Å². The van der Waals surface area contributed by atoms with Gasteiger partial charge < -0.3 is 5.73 Å². The molecule has 1 aromatic heterocycles. The molecule has 102 valence electrons. The minimum Gasteiger partial charge on any atom is -0.323 e. The van der Waals surface area contributed by atoms with E-state index in [4.69, 9.17) is 5.73 Å². The molecule has 0 spiro atoms. The number of rotatable bonds is 5. The average Bonchev–Trinajstić information content (AvgIpc) is 2.82. The summed E-state index contributed by atoms with van der Waals surface area (Å²) in [6, 6.07) is 3.32. The smallest absolute Gasteiger partial charge is 0.131 e. The first kappa shape index (κ1) is 13.6. The third kappa shape index (κ3) is 3.35. The molecule has 4 nitrogen and oxygen atoms in total. The van der Waals surface area contributed by atoms with E-state index in [0.717, 1.165) is 18.9 Å². The van der Waals surface area contributed by atoms with E-state index in [0.29, 0.717) is 11.3 Å². The molecule has 6 heteroatoms. The highest BCUT2D eigenvalue weighted by atomic mass is 19.1. The van der Waals surface area contributed by atoms with Crippen molar-refractivity contribution in [2.45, 2.75) is 32.4 Å². The van der Waals surface area contributed by atoms with E-state index in [1.54, 1.807) is 6.20 Å². The Hall–Kier alpha value is -1.82. The van der Waals surface area contributed by atoms with Crippen molar-refractivity contribution in [3.8, 4) is 0 Å². The molecule has 2 aromatic rings. The minimum atomic E-state index is -0.592. The number of benzene rings is 1. The highest BCUT2D eigenvalue weighted by Gasteiger charge is 2.11. The monoisotopic (exact) mass is 266 g/mol. The Morgan fingerprint density at radius 3 is 2.84 bits per heavy atom. The van der Waals surface area contributed by atoms with Gasteiger partial charge in [0.15, 0.2) is 0 Å². The Bertz CT molecular complexity index is 553. The lowest BCUT2D eigenvalue weighted by atomic mass is 10.1. The predicted molar refractivity (Wildman–Crippen MR) is 67.3 cm³/mol. The van der Waals surface area contributed by atoms with Gasteiger partial charge in [-0.05, 0) is 12.5 Å². The van der Waals surface area contributed by atoms with Crippen LogP contribution in [0.3, 0.4) is 0 Å². The van der Waals surface area contributed by atoms with Crippen molar-refractivity contribution in [3.05, 3.63) is 47.3 Å². The molecule has 2 N–H and O–H groups in total. The van der Waals surface area contributed by atoms with Gasteiger partial charge in [-0.1, -0.05) is 24.6 Å². The SMILES string of the molecule is CCCC(N)c1cn(Cc2ccc(F)cc2F)nn1. The van der Waals surface area contributed by atoms with Crippen LogP contribution in [-0.2, 0) is 6.54 Å². The summed E-state index contributed by atoms with van der Waals surface area (Å²) in [6.07, 6.45) is 3.48. The fraction of sp³-hybridized carbons (Fsp3) is 0.385. The largest absolute Gasteiger partial charge is 0.323 e. The van der Waals surface area contributed by atoms with Gasteiger partial charge in [0.2, 0.25) is 0 Å². The van der Waals surface area contributed by atoms with Crippen LogP contribution in [0, 0.1) is 11.6 Å². The van der Waals surface area contributed by atoms with E-state index in [2.05, 4.69) is 10.3 Å². The summed E-state index contributed by atoms with van der Waals surface area (Å²) in [5, 5.41) is 7.87. The van der Waals surface area contributed by atoms with Crippen LogP contribution in [0.25, 0.3) is 0 Å². The molecule has 1 heterocycles. The molecule has 0 aliphatic heterocycles. The summed E-state index contributed by atoms with van der Waals surface area (Å²) in [4.78, 5) is 0. The standard InChI is InChI=1S/C13H16F2N4/c1-2-3-12(16)13-8-19(18-17-13)7-9-4-5-10(14)6-11(9)15/h4-6,8,12H,2-3,7,16H2,1H3. The first-order valence-electron chi connectivity index (χ1n) is 6.19. The second-order valence-electron chi connectivity index (χ2n) is 4.47. The van der Waals surface area contributed by atoms with Crippen molar-refractivity contribution in [3.63, 3.8) is 0 Å². The number of hydrogen-bond acceptors (Lipinski definition) is 3. The first-order valence-corrected chi connectivity index (χ1v) is 6.19. The van der Waals surface area contributed by atoms with Crippen molar-refractivity contribution < 1.29 is 8.78 Å². The van der Waals surface area contributed by atoms with Gasteiger partial charge in [-0.15, -0.1) is 5.10 Å². The van der Waals surface area contributed by atoms with Gasteiger partial charge in [-0.3, -0.25) is 0 Å². The average molecular weight is 266 g/mol. The fourth-order valence-corrected chi connectivity index (χ4v) is 1.84. The Morgan fingerprint density at radius 1 is 1.37 bits per heavy atom. The Kier molecular flexibility index (Phi) is 4.21. The Balaban J connectivity index is 2.11. The number of aromatic nitrogens is 3. The zero-order valence-electron chi connectivity index (χ0n) is 10.7. The Labute approximate surface area is 110 Å². The van der Waals surface area contributed by atoms with E-state index in [1.807, 2.05) is 6.92 Å². The summed E-state index contributed by atoms with van der Waals surface area (Å²) in [6.45, 7) is 2.25. The number of hydrogen-bond donors (Lipinski definition) is 1. The van der Waals surface area contributed by atoms with Gasteiger partial charge in [0.1, 0.15) is 11.6 Å². The second-order valence-corrected chi connectivity index (χ2v) is 4.47. The molecular formula is C13H16F2N4. The quantitative estimate of drug-likeness (QED) is 0.904. The molecule has 19 heavy (non-hydrogen) atoms. The molecule has 0 amide bonds. The van der Waals surface area contributed by atoms with Crippen molar-refractivity contribution in [1.29, 1.82) is 0 Å². The van der Waals surface area contributed by atoms with E-state index in [1.165, 1.54) is 16.8 Å². The molecule has 2 rings (SSSR count). The van der Waals surface area contributed by atoms with Crippen LogP contribution in [0.5, 0.6) is 0 Å². The third-order valence-electron chi connectivity index (χ3n) is 2.88. The zero-order valence-corrected chi connectivity index (χ0v) is 10.7. The lowest BCUT2D eigenvalue weighted by Crippen LogP contribution is -2.10. The van der Waals surface area contributed by atoms with Gasteiger partial charge in [0, 0.05) is 11.6 Å². The number of halogens is 2. The van der Waals surface area contributed by atoms with Gasteiger partial charge >= 0.3 is 0 Å². The lowest BCUT2D eigenvalue weighted by molar-refractivity contribution is 0.554. The van der Waals surface area contributed by atoms with Crippen LogP contribution in [0.15, 0.2) is 24.4 Å². The molecule has 0 saturated carbocycles. The van der Waals surface area contributed by atoms with Crippen LogP contribution >= 0.6 is 0 Å². The second kappa shape index (κ2) is 5.88. The predicted octanol–water partition coefficient (Wildman–Crippen LogP) is 2.40. The molecule has 1 unspecified atom stereocenters. The molecule has 0 bridgehead atoms. The normalized spacial score (nSPS) is 12.6. The maximum atomic E-state index is 13.5. The molecule has 1 aromatic carbocycles. The number of nitrogens with zero attached hydrogens (tertiary/aromatic N) is 3. The first-order chi connectivity index (χ1) is 9.10. The molecule has 0 aliphatic carbocycles. The van der Waals surface area contributed by atoms with Crippen LogP contribution in [-0.4, -0.2) is 15.0 Å². The zero-order chi connectivity index (χ0) is 13.8. The topological polar surface area (TPSA) is 56.7 Å². The van der Waals surface area contributed by atoms with Gasteiger partial charge in [-0.2, -0.15) is 0 Å². The van der Waals surface area contributed by atoms with Crippen LogP contribution in [0.2, 0.25) is 0 Å². The van der Waals surface area contributed by atoms with Crippen LogP contribution in [0.4, 0.5) is 8.78 Å². The maximum Gasteiger partial charge on any atom is 0.131 e. The van der Waals surface area contributed by atoms with Gasteiger partial charge in [0.25, 0.3) is 0 Å². The van der Waals surface area contributed by atoms with Crippen molar-refractivity contribution in [2.75, 3.05) is 0 Å². The van der Waals surface area contributed by atoms with Crippen LogP contribution in [0.1, 0.15) is 37.1 Å². The van der Waals surface area contributed by atoms with E-state index >= 15 is 0 Å². The third-order valence-corrected chi connectivity index (χ3v) is 2.88. The van der Waals surface area contributed by atoms with E-state index in [9.17, 15) is 8.78 Å². The highest BCUT2D eigenvalue weighted by Crippen LogP contribution is 2.14. The highest BCUT2D eigenvalue weighted by molar-refractivity contribution is 5.18.